The van der Waals surface area contributed by atoms with Crippen LogP contribution in [-0.2, 0) is 10.8 Å². The van der Waals surface area contributed by atoms with Crippen molar-refractivity contribution >= 4 is 34.3 Å². The highest BCUT2D eigenvalue weighted by molar-refractivity contribution is 7.12. The standard InChI is InChI=1S/C20H31ClN2S2/c1-12(2)17-22-11-14(24-17)20(7,8)10-9-13(3)18-23-16(21)15(25-18)19(4,5)6/h11-13H,9-10H2,1-8H3. The molecule has 2 rings (SSSR count). The molecule has 2 heterocycles. The van der Waals surface area contributed by atoms with E-state index in [9.17, 15) is 0 Å². The van der Waals surface area contributed by atoms with E-state index < -0.39 is 0 Å². The molecule has 0 aliphatic rings. The maximum absolute atomic E-state index is 6.38. The maximum atomic E-state index is 6.38. The van der Waals surface area contributed by atoms with Crippen LogP contribution in [-0.4, -0.2) is 9.97 Å². The van der Waals surface area contributed by atoms with E-state index in [-0.39, 0.29) is 10.8 Å². The van der Waals surface area contributed by atoms with Gasteiger partial charge in [0.25, 0.3) is 0 Å². The Morgan fingerprint density at radius 2 is 1.68 bits per heavy atom. The van der Waals surface area contributed by atoms with Gasteiger partial charge in [0.15, 0.2) is 0 Å². The van der Waals surface area contributed by atoms with Gasteiger partial charge in [-0.3, -0.25) is 0 Å². The number of hydrogen-bond acceptors (Lipinski definition) is 4. The van der Waals surface area contributed by atoms with Crippen molar-refractivity contribution in [3.8, 4) is 0 Å². The third kappa shape index (κ3) is 5.05. The lowest BCUT2D eigenvalue weighted by Gasteiger charge is -2.24. The van der Waals surface area contributed by atoms with Crippen molar-refractivity contribution in [1.29, 1.82) is 0 Å². The molecule has 2 aromatic rings. The van der Waals surface area contributed by atoms with E-state index in [1.165, 1.54) is 14.8 Å². The Morgan fingerprint density at radius 3 is 2.16 bits per heavy atom. The summed E-state index contributed by atoms with van der Waals surface area (Å²) in [5, 5.41) is 3.08. The van der Waals surface area contributed by atoms with Crippen molar-refractivity contribution in [2.24, 2.45) is 0 Å². The summed E-state index contributed by atoms with van der Waals surface area (Å²) in [6.07, 6.45) is 4.30. The van der Waals surface area contributed by atoms with Gasteiger partial charge >= 0.3 is 0 Å². The lowest BCUT2D eigenvalue weighted by molar-refractivity contribution is 0.445. The number of halogens is 1. The number of hydrogen-bond donors (Lipinski definition) is 0. The van der Waals surface area contributed by atoms with E-state index in [0.717, 1.165) is 17.8 Å². The first kappa shape index (κ1) is 20.9. The minimum Gasteiger partial charge on any atom is -0.249 e. The molecule has 0 saturated heterocycles. The Morgan fingerprint density at radius 1 is 1.04 bits per heavy atom. The van der Waals surface area contributed by atoms with Crippen LogP contribution in [0.3, 0.4) is 0 Å². The van der Waals surface area contributed by atoms with Crippen molar-refractivity contribution in [2.45, 2.75) is 90.9 Å². The average molecular weight is 399 g/mol. The van der Waals surface area contributed by atoms with Crippen molar-refractivity contribution in [3.63, 3.8) is 0 Å². The summed E-state index contributed by atoms with van der Waals surface area (Å²) in [5.41, 5.74) is 0.203. The van der Waals surface area contributed by atoms with Gasteiger partial charge in [-0.05, 0) is 18.3 Å². The maximum Gasteiger partial charge on any atom is 0.143 e. The van der Waals surface area contributed by atoms with E-state index >= 15 is 0 Å². The highest BCUT2D eigenvalue weighted by atomic mass is 35.5. The summed E-state index contributed by atoms with van der Waals surface area (Å²) < 4.78 is 0. The fraction of sp³-hybridized carbons (Fsp3) is 0.700. The topological polar surface area (TPSA) is 25.8 Å². The second-order valence-corrected chi connectivity index (χ2v) is 11.4. The first-order chi connectivity index (χ1) is 11.4. The van der Waals surface area contributed by atoms with Crippen molar-refractivity contribution < 1.29 is 0 Å². The first-order valence-electron chi connectivity index (χ1n) is 9.04. The van der Waals surface area contributed by atoms with Crippen molar-refractivity contribution in [3.05, 3.63) is 31.1 Å². The van der Waals surface area contributed by atoms with Gasteiger partial charge in [-0.2, -0.15) is 0 Å². The summed E-state index contributed by atoms with van der Waals surface area (Å²) in [5.74, 6) is 0.928. The molecule has 0 aliphatic carbocycles. The van der Waals surface area contributed by atoms with Crippen LogP contribution >= 0.6 is 34.3 Å². The largest absolute Gasteiger partial charge is 0.249 e. The Hall–Kier alpha value is -0.450. The molecule has 2 nitrogen and oxygen atoms in total. The Kier molecular flexibility index (Phi) is 6.39. The van der Waals surface area contributed by atoms with E-state index in [1.807, 2.05) is 11.3 Å². The van der Waals surface area contributed by atoms with E-state index in [4.69, 9.17) is 11.6 Å². The molecule has 0 spiro atoms. The normalized spacial score (nSPS) is 14.3. The molecule has 0 bridgehead atoms. The van der Waals surface area contributed by atoms with Crippen LogP contribution in [0.4, 0.5) is 0 Å². The van der Waals surface area contributed by atoms with Gasteiger partial charge in [0, 0.05) is 33.2 Å². The van der Waals surface area contributed by atoms with Gasteiger partial charge in [0.05, 0.1) is 10.0 Å². The molecule has 0 saturated carbocycles. The molecule has 0 fully saturated rings. The lowest BCUT2D eigenvalue weighted by atomic mass is 9.84. The van der Waals surface area contributed by atoms with Gasteiger partial charge < -0.3 is 0 Å². The number of aromatic nitrogens is 2. The molecule has 0 N–H and O–H groups in total. The predicted octanol–water partition coefficient (Wildman–Crippen LogP) is 7.54. The van der Waals surface area contributed by atoms with Gasteiger partial charge in [0.1, 0.15) is 5.15 Å². The van der Waals surface area contributed by atoms with Crippen molar-refractivity contribution in [1.82, 2.24) is 9.97 Å². The zero-order chi connectivity index (χ0) is 19.0. The van der Waals surface area contributed by atoms with Gasteiger partial charge in [0.2, 0.25) is 0 Å². The van der Waals surface area contributed by atoms with E-state index in [2.05, 4.69) is 71.6 Å². The lowest BCUT2D eigenvalue weighted by Crippen LogP contribution is -2.16. The highest BCUT2D eigenvalue weighted by Gasteiger charge is 2.27. The van der Waals surface area contributed by atoms with Crippen LogP contribution in [0.15, 0.2) is 6.20 Å². The van der Waals surface area contributed by atoms with Gasteiger partial charge in [-0.25, -0.2) is 9.97 Å². The molecular weight excluding hydrogens is 368 g/mol. The SMILES string of the molecule is CC(C)c1ncc(C(C)(C)CCC(C)c2nc(Cl)c(C(C)(C)C)s2)s1. The summed E-state index contributed by atoms with van der Waals surface area (Å²) in [6, 6.07) is 0. The smallest absolute Gasteiger partial charge is 0.143 e. The predicted molar refractivity (Wildman–Crippen MR) is 113 cm³/mol. The fourth-order valence-corrected chi connectivity index (χ4v) is 5.37. The van der Waals surface area contributed by atoms with Crippen LogP contribution in [0.5, 0.6) is 0 Å². The molecule has 0 radical (unpaired) electrons. The van der Waals surface area contributed by atoms with Crippen LogP contribution in [0, 0.1) is 0 Å². The first-order valence-corrected chi connectivity index (χ1v) is 11.1. The van der Waals surface area contributed by atoms with E-state index in [0.29, 0.717) is 17.0 Å². The Labute approximate surface area is 166 Å². The molecule has 25 heavy (non-hydrogen) atoms. The molecule has 1 unspecified atom stereocenters. The Bertz CT molecular complexity index is 708. The molecule has 0 aliphatic heterocycles. The summed E-state index contributed by atoms with van der Waals surface area (Å²) in [7, 11) is 0. The second kappa shape index (κ2) is 7.66. The molecule has 140 valence electrons. The quantitative estimate of drug-likeness (QED) is 0.502. The van der Waals surface area contributed by atoms with Crippen LogP contribution in [0.1, 0.15) is 99.8 Å². The number of rotatable bonds is 6. The summed E-state index contributed by atoms with van der Waals surface area (Å²) >= 11 is 10.0. The van der Waals surface area contributed by atoms with Crippen LogP contribution in [0.2, 0.25) is 5.15 Å². The minimum atomic E-state index is 0.0574. The minimum absolute atomic E-state index is 0.0574. The summed E-state index contributed by atoms with van der Waals surface area (Å²) in [4.78, 5) is 11.8. The third-order valence-electron chi connectivity index (χ3n) is 4.59. The molecule has 0 aromatic carbocycles. The molecular formula is C20H31ClN2S2. The van der Waals surface area contributed by atoms with Gasteiger partial charge in [-0.15, -0.1) is 22.7 Å². The summed E-state index contributed by atoms with van der Waals surface area (Å²) in [6.45, 7) is 17.9. The zero-order valence-electron chi connectivity index (χ0n) is 16.7. The third-order valence-corrected chi connectivity index (χ3v) is 8.35. The second-order valence-electron chi connectivity index (χ2n) is 8.96. The molecule has 5 heteroatoms. The number of thiazole rings is 2. The van der Waals surface area contributed by atoms with Gasteiger partial charge in [-0.1, -0.05) is 67.0 Å². The fourth-order valence-electron chi connectivity index (χ4n) is 2.68. The van der Waals surface area contributed by atoms with Crippen molar-refractivity contribution in [2.75, 3.05) is 0 Å². The number of nitrogens with zero attached hydrogens (tertiary/aromatic N) is 2. The van der Waals surface area contributed by atoms with Crippen LogP contribution in [0.25, 0.3) is 0 Å². The monoisotopic (exact) mass is 398 g/mol. The molecule has 2 aromatic heterocycles. The molecule has 0 amide bonds. The molecule has 1 atom stereocenters. The zero-order valence-corrected chi connectivity index (χ0v) is 19.1. The Balaban J connectivity index is 2.06. The average Bonchev–Trinajstić information content (AvgIpc) is 3.11. The van der Waals surface area contributed by atoms with E-state index in [1.54, 1.807) is 11.3 Å². The van der Waals surface area contributed by atoms with Crippen LogP contribution < -0.4 is 0 Å². The highest BCUT2D eigenvalue weighted by Crippen LogP contribution is 2.40.